The van der Waals surface area contributed by atoms with Crippen LogP contribution >= 0.6 is 0 Å². The van der Waals surface area contributed by atoms with Gasteiger partial charge in [0.05, 0.1) is 17.5 Å². The Balaban J connectivity index is 2.06. The topological polar surface area (TPSA) is 120 Å². The number of nitrogens with zero attached hydrogens (tertiary/aromatic N) is 2. The zero-order chi connectivity index (χ0) is 17.3. The number of benzene rings is 1. The van der Waals surface area contributed by atoms with Gasteiger partial charge in [0.25, 0.3) is 0 Å². The van der Waals surface area contributed by atoms with Crippen LogP contribution in [0.4, 0.5) is 0 Å². The fourth-order valence-electron chi connectivity index (χ4n) is 2.45. The summed E-state index contributed by atoms with van der Waals surface area (Å²) < 4.78 is 1.66. The molecule has 7 heteroatoms. The molecule has 2 heterocycles. The van der Waals surface area contributed by atoms with Crippen molar-refractivity contribution in [1.29, 1.82) is 0 Å². The second kappa shape index (κ2) is 5.88. The van der Waals surface area contributed by atoms with Crippen LogP contribution in [0.1, 0.15) is 0 Å². The van der Waals surface area contributed by atoms with E-state index in [1.54, 1.807) is 23.2 Å². The lowest BCUT2D eigenvalue weighted by Gasteiger charge is -2.21. The minimum absolute atomic E-state index is 0.110. The highest BCUT2D eigenvalue weighted by Crippen LogP contribution is 2.22. The fraction of sp³-hybridized carbons (Fsp3) is 0. The minimum Gasteiger partial charge on any atom is -0.398 e. The zero-order valence-corrected chi connectivity index (χ0v) is 13.1. The van der Waals surface area contributed by atoms with Crippen LogP contribution in [0.25, 0.3) is 16.6 Å². The van der Waals surface area contributed by atoms with Crippen LogP contribution in [-0.4, -0.2) is 9.78 Å². The molecule has 0 bridgehead atoms. The Morgan fingerprint density at radius 2 is 1.92 bits per heavy atom. The van der Waals surface area contributed by atoms with Crippen LogP contribution < -0.4 is 27.8 Å². The highest BCUT2D eigenvalue weighted by Gasteiger charge is 2.14. The van der Waals surface area contributed by atoms with Gasteiger partial charge in [0.15, 0.2) is 0 Å². The third kappa shape index (κ3) is 2.70. The smallest absolute Gasteiger partial charge is 0.120 e. The van der Waals surface area contributed by atoms with E-state index < -0.39 is 0 Å². The fourth-order valence-corrected chi connectivity index (χ4v) is 2.45. The number of nitrogens with one attached hydrogen (secondary N) is 2. The van der Waals surface area contributed by atoms with Crippen LogP contribution in [0.2, 0.25) is 0 Å². The van der Waals surface area contributed by atoms with Gasteiger partial charge in [-0.05, 0) is 12.1 Å². The largest absolute Gasteiger partial charge is 0.398 e. The maximum absolute atomic E-state index is 6.21. The Labute approximate surface area is 139 Å². The molecule has 7 nitrogen and oxygen atoms in total. The van der Waals surface area contributed by atoms with Crippen molar-refractivity contribution in [1.82, 2.24) is 20.4 Å². The molecule has 0 spiro atoms. The average molecular weight is 321 g/mol. The predicted octanol–water partition coefficient (Wildman–Crippen LogP) is 0.984. The number of hydrogen-bond acceptors (Lipinski definition) is 6. The van der Waals surface area contributed by atoms with Crippen molar-refractivity contribution >= 4 is 16.6 Å². The molecule has 0 saturated heterocycles. The summed E-state index contributed by atoms with van der Waals surface area (Å²) >= 11 is 0. The Hall–Kier alpha value is -3.61. The van der Waals surface area contributed by atoms with E-state index in [1.807, 2.05) is 24.3 Å². The van der Waals surface area contributed by atoms with Crippen LogP contribution in [-0.2, 0) is 0 Å². The van der Waals surface area contributed by atoms with Crippen LogP contribution in [0, 0.1) is 0 Å². The molecule has 8 N–H and O–H groups in total. The van der Waals surface area contributed by atoms with Crippen molar-refractivity contribution < 1.29 is 0 Å². The summed E-state index contributed by atoms with van der Waals surface area (Å²) in [7, 11) is 0. The zero-order valence-electron chi connectivity index (χ0n) is 13.1. The number of fused-ring (bicyclic) bond motifs is 1. The van der Waals surface area contributed by atoms with Gasteiger partial charge in [-0.2, -0.15) is 5.10 Å². The molecule has 1 aliphatic heterocycles. The molecule has 24 heavy (non-hydrogen) atoms. The Morgan fingerprint density at radius 1 is 1.17 bits per heavy atom. The molecule has 3 rings (SSSR count). The molecule has 0 amide bonds. The predicted molar refractivity (Wildman–Crippen MR) is 96.2 cm³/mol. The minimum atomic E-state index is 0.110. The van der Waals surface area contributed by atoms with Gasteiger partial charge in [-0.1, -0.05) is 31.4 Å². The molecule has 2 aromatic rings. The van der Waals surface area contributed by atoms with E-state index in [1.165, 1.54) is 0 Å². The van der Waals surface area contributed by atoms with Crippen LogP contribution in [0.5, 0.6) is 0 Å². The summed E-state index contributed by atoms with van der Waals surface area (Å²) in [6, 6.07) is 7.75. The van der Waals surface area contributed by atoms with E-state index in [4.69, 9.17) is 17.2 Å². The van der Waals surface area contributed by atoms with E-state index in [0.717, 1.165) is 10.9 Å². The molecule has 0 fully saturated rings. The molecule has 1 aromatic carbocycles. The molecule has 0 saturated carbocycles. The number of allylic oxidation sites excluding steroid dienone is 2. The molecular weight excluding hydrogens is 302 g/mol. The van der Waals surface area contributed by atoms with E-state index in [2.05, 4.69) is 28.9 Å². The molecule has 0 unspecified atom stereocenters. The Morgan fingerprint density at radius 3 is 2.62 bits per heavy atom. The van der Waals surface area contributed by atoms with Gasteiger partial charge in [-0.15, -0.1) is 0 Å². The molecule has 0 atom stereocenters. The van der Waals surface area contributed by atoms with Gasteiger partial charge >= 0.3 is 0 Å². The monoisotopic (exact) mass is 321 g/mol. The Kier molecular flexibility index (Phi) is 3.75. The summed E-state index contributed by atoms with van der Waals surface area (Å²) in [6.07, 6.45) is 5.13. The van der Waals surface area contributed by atoms with Crippen molar-refractivity contribution in [2.75, 3.05) is 0 Å². The second-order valence-electron chi connectivity index (χ2n) is 5.34. The normalized spacial score (nSPS) is 14.8. The first-order chi connectivity index (χ1) is 11.5. The third-order valence-electron chi connectivity index (χ3n) is 3.62. The van der Waals surface area contributed by atoms with Crippen LogP contribution in [0.3, 0.4) is 0 Å². The summed E-state index contributed by atoms with van der Waals surface area (Å²) in [5.74, 6) is 0.739. The van der Waals surface area contributed by atoms with Crippen molar-refractivity contribution in [3.05, 3.63) is 84.5 Å². The van der Waals surface area contributed by atoms with Gasteiger partial charge in [0.1, 0.15) is 11.5 Å². The Bertz CT molecular complexity index is 923. The highest BCUT2D eigenvalue weighted by atomic mass is 15.3. The third-order valence-corrected chi connectivity index (χ3v) is 3.62. The van der Waals surface area contributed by atoms with Crippen molar-refractivity contribution in [2.24, 2.45) is 17.2 Å². The van der Waals surface area contributed by atoms with Crippen molar-refractivity contribution in [3.8, 4) is 0 Å². The maximum atomic E-state index is 6.21. The average Bonchev–Trinajstić information content (AvgIpc) is 2.96. The summed E-state index contributed by atoms with van der Waals surface area (Å²) in [5, 5.41) is 11.3. The molecule has 1 aliphatic rings. The van der Waals surface area contributed by atoms with Gasteiger partial charge < -0.3 is 27.8 Å². The number of rotatable bonds is 3. The van der Waals surface area contributed by atoms with E-state index in [-0.39, 0.29) is 5.82 Å². The highest BCUT2D eigenvalue weighted by molar-refractivity contribution is 5.83. The lowest BCUT2D eigenvalue weighted by atomic mass is 10.1. The maximum Gasteiger partial charge on any atom is 0.120 e. The quantitative estimate of drug-likeness (QED) is 0.538. The number of nitrogens with two attached hydrogens (primary N) is 3. The number of aromatic nitrogens is 2. The first kappa shape index (κ1) is 15.3. The van der Waals surface area contributed by atoms with Gasteiger partial charge in [0.2, 0.25) is 0 Å². The lowest BCUT2D eigenvalue weighted by molar-refractivity contribution is 0.836. The number of hydrogen-bond donors (Lipinski definition) is 5. The SMILES string of the molecule is C=C1NC=C(/C(N)=C/C(=C(N)N)n2ncc3ccccc32)C(=C)N1. The first-order valence-corrected chi connectivity index (χ1v) is 7.25. The molecular formula is C17H19N7. The van der Waals surface area contributed by atoms with Crippen molar-refractivity contribution in [2.45, 2.75) is 0 Å². The van der Waals surface area contributed by atoms with Gasteiger partial charge in [0, 0.05) is 28.6 Å². The van der Waals surface area contributed by atoms with Gasteiger partial charge in [-0.3, -0.25) is 0 Å². The van der Waals surface area contributed by atoms with Crippen LogP contribution in [0.15, 0.2) is 84.5 Å². The van der Waals surface area contributed by atoms with Gasteiger partial charge in [-0.25, -0.2) is 4.68 Å². The summed E-state index contributed by atoms with van der Waals surface area (Å²) in [5.41, 5.74) is 21.1. The molecule has 1 aromatic heterocycles. The summed E-state index contributed by atoms with van der Waals surface area (Å²) in [6.45, 7) is 7.70. The molecule has 122 valence electrons. The van der Waals surface area contributed by atoms with E-state index in [0.29, 0.717) is 28.5 Å². The first-order valence-electron chi connectivity index (χ1n) is 7.25. The number of para-hydroxylation sites is 1. The molecule has 0 radical (unpaired) electrons. The van der Waals surface area contributed by atoms with E-state index in [9.17, 15) is 0 Å². The lowest BCUT2D eigenvalue weighted by Crippen LogP contribution is -2.29. The second-order valence-corrected chi connectivity index (χ2v) is 5.34. The molecule has 0 aliphatic carbocycles. The standard InChI is InChI=1S/C17H19N7/c1-10-13(9-21-11(2)23-10)14(18)7-16(17(19)20)24-15-6-4-3-5-12(15)8-22-24/h3-9,21,23H,1-2,18-20H2/b14-7-. The van der Waals surface area contributed by atoms with E-state index >= 15 is 0 Å². The van der Waals surface area contributed by atoms with Crippen molar-refractivity contribution in [3.63, 3.8) is 0 Å². The summed E-state index contributed by atoms with van der Waals surface area (Å²) in [4.78, 5) is 0.